The smallest absolute Gasteiger partial charge is 0.416 e. The van der Waals surface area contributed by atoms with Crippen molar-refractivity contribution < 1.29 is 13.2 Å². The summed E-state index contributed by atoms with van der Waals surface area (Å²) >= 11 is 4.86. The summed E-state index contributed by atoms with van der Waals surface area (Å²) in [7, 11) is 0. The fourth-order valence-corrected chi connectivity index (χ4v) is 2.51. The zero-order valence-electron chi connectivity index (χ0n) is 9.13. The maximum atomic E-state index is 12.6. The third-order valence-corrected chi connectivity index (χ3v) is 3.33. The summed E-state index contributed by atoms with van der Waals surface area (Å²) in [5, 5.41) is 0. The Balaban J connectivity index is 2.14. The molecule has 1 fully saturated rings. The highest BCUT2D eigenvalue weighted by molar-refractivity contribution is 7.58. The van der Waals surface area contributed by atoms with E-state index in [9.17, 15) is 13.2 Å². The summed E-state index contributed by atoms with van der Waals surface area (Å²) in [5.74, 6) is 0.405. The van der Waals surface area contributed by atoms with Crippen LogP contribution in [-0.2, 0) is 25.2 Å². The second-order valence-electron chi connectivity index (χ2n) is 4.67. The first-order valence-corrected chi connectivity index (χ1v) is 5.89. The third-order valence-electron chi connectivity index (χ3n) is 3.09. The van der Waals surface area contributed by atoms with Crippen molar-refractivity contribution in [2.75, 3.05) is 0 Å². The molecule has 0 unspecified atom stereocenters. The van der Waals surface area contributed by atoms with E-state index in [1.54, 1.807) is 6.07 Å². The molecule has 1 saturated carbocycles. The van der Waals surface area contributed by atoms with Gasteiger partial charge in [-0.05, 0) is 36.8 Å². The van der Waals surface area contributed by atoms with Crippen LogP contribution in [0.25, 0.3) is 0 Å². The number of hydrogen-bond donors (Lipinski definition) is 1. The second kappa shape index (κ2) is 4.46. The standard InChI is InChI=1S/C12H14F3NS/c13-12(14,15)9-2-7(5-11(17)6-9)1-8-3-10(16)4-8/h2,5-6,8,10,17H,1,3-4,16H2/p-1. The molecule has 17 heavy (non-hydrogen) atoms. The molecular formula is C12H13F3NS-. The van der Waals surface area contributed by atoms with Crippen molar-refractivity contribution in [3.8, 4) is 0 Å². The number of alkyl halides is 3. The molecule has 5 heteroatoms. The van der Waals surface area contributed by atoms with Gasteiger partial charge in [0.2, 0.25) is 0 Å². The van der Waals surface area contributed by atoms with Crippen molar-refractivity contribution in [1.82, 2.24) is 0 Å². The molecule has 94 valence electrons. The summed E-state index contributed by atoms with van der Waals surface area (Å²) < 4.78 is 37.7. The molecule has 0 atom stereocenters. The summed E-state index contributed by atoms with van der Waals surface area (Å²) in [5.41, 5.74) is 5.67. The van der Waals surface area contributed by atoms with E-state index in [4.69, 9.17) is 18.4 Å². The van der Waals surface area contributed by atoms with Crippen molar-refractivity contribution in [3.05, 3.63) is 29.3 Å². The summed E-state index contributed by atoms with van der Waals surface area (Å²) in [6.45, 7) is 0. The molecule has 0 spiro atoms. The Morgan fingerprint density at radius 3 is 2.41 bits per heavy atom. The van der Waals surface area contributed by atoms with Gasteiger partial charge in [0.15, 0.2) is 0 Å². The Morgan fingerprint density at radius 1 is 1.24 bits per heavy atom. The van der Waals surface area contributed by atoms with Crippen LogP contribution in [0.3, 0.4) is 0 Å². The molecule has 0 bridgehead atoms. The van der Waals surface area contributed by atoms with Gasteiger partial charge in [0.25, 0.3) is 0 Å². The molecule has 0 aromatic heterocycles. The van der Waals surface area contributed by atoms with Gasteiger partial charge in [-0.3, -0.25) is 0 Å². The van der Waals surface area contributed by atoms with Crippen LogP contribution in [0.4, 0.5) is 13.2 Å². The van der Waals surface area contributed by atoms with E-state index in [2.05, 4.69) is 0 Å². The predicted molar refractivity (Wildman–Crippen MR) is 61.5 cm³/mol. The number of benzene rings is 1. The molecule has 0 heterocycles. The van der Waals surface area contributed by atoms with E-state index < -0.39 is 11.7 Å². The fourth-order valence-electron chi connectivity index (χ4n) is 2.23. The quantitative estimate of drug-likeness (QED) is 0.827. The van der Waals surface area contributed by atoms with Gasteiger partial charge in [-0.1, -0.05) is 12.1 Å². The third kappa shape index (κ3) is 3.10. The van der Waals surface area contributed by atoms with Crippen molar-refractivity contribution in [2.45, 2.75) is 36.4 Å². The first-order valence-electron chi connectivity index (χ1n) is 5.48. The lowest BCUT2D eigenvalue weighted by Gasteiger charge is -2.32. The SMILES string of the molecule is NC1CC(Cc2cc([S-])cc(C(F)(F)F)c2)C1. The molecule has 0 saturated heterocycles. The zero-order valence-corrected chi connectivity index (χ0v) is 9.94. The first-order chi connectivity index (χ1) is 7.84. The molecule has 1 aromatic carbocycles. The minimum atomic E-state index is -4.32. The number of nitrogens with two attached hydrogens (primary N) is 1. The molecule has 0 aliphatic heterocycles. The molecule has 1 aromatic rings. The van der Waals surface area contributed by atoms with Gasteiger partial charge in [0, 0.05) is 6.04 Å². The Bertz CT molecular complexity index is 411. The highest BCUT2D eigenvalue weighted by Crippen LogP contribution is 2.33. The van der Waals surface area contributed by atoms with Crippen LogP contribution in [0, 0.1) is 5.92 Å². The van der Waals surface area contributed by atoms with Crippen LogP contribution in [0.5, 0.6) is 0 Å². The number of rotatable bonds is 2. The molecule has 1 aliphatic rings. The summed E-state index contributed by atoms with van der Waals surface area (Å²) in [4.78, 5) is 0.249. The van der Waals surface area contributed by atoms with Crippen molar-refractivity contribution in [2.24, 2.45) is 11.7 Å². The lowest BCUT2D eigenvalue weighted by molar-refractivity contribution is -0.137. The van der Waals surface area contributed by atoms with Gasteiger partial charge in [0.1, 0.15) is 0 Å². The van der Waals surface area contributed by atoms with Gasteiger partial charge in [-0.25, -0.2) is 0 Å². The predicted octanol–water partition coefficient (Wildman–Crippen LogP) is 2.89. The monoisotopic (exact) mass is 260 g/mol. The van der Waals surface area contributed by atoms with Crippen molar-refractivity contribution in [1.29, 1.82) is 0 Å². The minimum absolute atomic E-state index is 0.216. The van der Waals surface area contributed by atoms with Gasteiger partial charge in [-0.2, -0.15) is 18.1 Å². The van der Waals surface area contributed by atoms with E-state index >= 15 is 0 Å². The topological polar surface area (TPSA) is 26.0 Å². The lowest BCUT2D eigenvalue weighted by Crippen LogP contribution is -2.37. The largest absolute Gasteiger partial charge is 0.780 e. The highest BCUT2D eigenvalue weighted by atomic mass is 32.1. The van der Waals surface area contributed by atoms with Crippen molar-refractivity contribution >= 4 is 12.6 Å². The Labute approximate surface area is 104 Å². The van der Waals surface area contributed by atoms with Crippen LogP contribution in [0.2, 0.25) is 0 Å². The average molecular weight is 260 g/mol. The Hall–Kier alpha value is -0.810. The summed E-state index contributed by atoms with van der Waals surface area (Å²) in [6.07, 6.45) is -1.90. The lowest BCUT2D eigenvalue weighted by atomic mass is 9.77. The fraction of sp³-hybridized carbons (Fsp3) is 0.500. The van der Waals surface area contributed by atoms with Gasteiger partial charge in [0.05, 0.1) is 5.56 Å². The van der Waals surface area contributed by atoms with Crippen LogP contribution in [-0.4, -0.2) is 6.04 Å². The molecule has 1 aliphatic carbocycles. The molecule has 1 nitrogen and oxygen atoms in total. The Kier molecular flexibility index (Phi) is 3.32. The van der Waals surface area contributed by atoms with Crippen LogP contribution < -0.4 is 5.73 Å². The number of halogens is 3. The second-order valence-corrected chi connectivity index (χ2v) is 5.14. The van der Waals surface area contributed by atoms with Crippen LogP contribution >= 0.6 is 0 Å². The molecular weight excluding hydrogens is 247 g/mol. The zero-order chi connectivity index (χ0) is 12.6. The molecule has 2 rings (SSSR count). The minimum Gasteiger partial charge on any atom is -0.780 e. The van der Waals surface area contributed by atoms with E-state index in [-0.39, 0.29) is 10.9 Å². The number of hydrogen-bond acceptors (Lipinski definition) is 2. The van der Waals surface area contributed by atoms with Crippen LogP contribution in [0.15, 0.2) is 23.1 Å². The Morgan fingerprint density at radius 2 is 1.88 bits per heavy atom. The highest BCUT2D eigenvalue weighted by Gasteiger charge is 2.31. The van der Waals surface area contributed by atoms with Crippen molar-refractivity contribution in [3.63, 3.8) is 0 Å². The summed E-state index contributed by atoms with van der Waals surface area (Å²) in [6, 6.07) is 4.06. The molecule has 2 N–H and O–H groups in total. The van der Waals surface area contributed by atoms with E-state index in [1.807, 2.05) is 0 Å². The maximum absolute atomic E-state index is 12.6. The average Bonchev–Trinajstić information content (AvgIpc) is 2.13. The van der Waals surface area contributed by atoms with Gasteiger partial charge < -0.3 is 18.4 Å². The maximum Gasteiger partial charge on any atom is 0.416 e. The van der Waals surface area contributed by atoms with E-state index in [0.717, 1.165) is 18.9 Å². The van der Waals surface area contributed by atoms with Gasteiger partial charge >= 0.3 is 6.18 Å². The first kappa shape index (κ1) is 12.6. The van der Waals surface area contributed by atoms with Crippen LogP contribution in [0.1, 0.15) is 24.0 Å². The van der Waals surface area contributed by atoms with E-state index in [0.29, 0.717) is 17.9 Å². The molecule has 0 amide bonds. The van der Waals surface area contributed by atoms with Gasteiger partial charge in [-0.15, -0.1) is 0 Å². The normalized spacial score (nSPS) is 24.5. The van der Waals surface area contributed by atoms with E-state index in [1.165, 1.54) is 6.07 Å². The molecule has 0 radical (unpaired) electrons.